The van der Waals surface area contributed by atoms with E-state index in [0.29, 0.717) is 48.3 Å². The number of aromatic nitrogens is 2. The molecule has 2 aliphatic rings. The average Bonchev–Trinajstić information content (AvgIpc) is 3.02. The molecule has 2 aromatic heterocycles. The lowest BCUT2D eigenvalue weighted by molar-refractivity contribution is 0.0687. The lowest BCUT2D eigenvalue weighted by atomic mass is 9.85. The highest BCUT2D eigenvalue weighted by molar-refractivity contribution is 6.31. The first kappa shape index (κ1) is 28.3. The number of carboxylic acid groups (broad SMARTS) is 2. The first-order chi connectivity index (χ1) is 20.9. The Morgan fingerprint density at radius 2 is 1.49 bits per heavy atom. The molecule has 0 bridgehead atoms. The second-order valence-electron chi connectivity index (χ2n) is 10.5. The van der Waals surface area contributed by atoms with Crippen molar-refractivity contribution in [3.05, 3.63) is 106 Å². The highest BCUT2D eigenvalue weighted by Gasteiger charge is 2.33. The molecular weight excluding hydrogens is 572 g/mol. The van der Waals surface area contributed by atoms with Crippen LogP contribution in [0.5, 0.6) is 11.5 Å². The van der Waals surface area contributed by atoms with Crippen molar-refractivity contribution in [3.63, 3.8) is 0 Å². The molecule has 10 nitrogen and oxygen atoms in total. The largest absolute Gasteiger partial charge is 0.493 e. The molecule has 3 unspecified atom stereocenters. The van der Waals surface area contributed by atoms with Gasteiger partial charge in [-0.05, 0) is 54.3 Å². The predicted molar refractivity (Wildman–Crippen MR) is 161 cm³/mol. The number of carboxylic acids is 2. The summed E-state index contributed by atoms with van der Waals surface area (Å²) in [7, 11) is 0. The third-order valence-electron chi connectivity index (χ3n) is 7.95. The Morgan fingerprint density at radius 3 is 2.16 bits per heavy atom. The quantitative estimate of drug-likeness (QED) is 0.175. The van der Waals surface area contributed by atoms with E-state index in [1.165, 1.54) is 36.9 Å². The summed E-state index contributed by atoms with van der Waals surface area (Å²) in [4.78, 5) is 31.5. The van der Waals surface area contributed by atoms with Gasteiger partial charge in [0.05, 0.1) is 46.5 Å². The predicted octanol–water partition coefficient (Wildman–Crippen LogP) is 6.22. The van der Waals surface area contributed by atoms with Crippen LogP contribution in [0.15, 0.2) is 73.3 Å². The van der Waals surface area contributed by atoms with E-state index in [2.05, 4.69) is 20.6 Å². The van der Waals surface area contributed by atoms with Gasteiger partial charge in [-0.25, -0.2) is 9.59 Å². The van der Waals surface area contributed by atoms with E-state index < -0.39 is 11.9 Å². The van der Waals surface area contributed by atoms with Crippen molar-refractivity contribution in [1.82, 2.24) is 9.97 Å². The molecule has 3 atom stereocenters. The Kier molecular flexibility index (Phi) is 8.02. The molecule has 43 heavy (non-hydrogen) atoms. The lowest BCUT2D eigenvalue weighted by Crippen LogP contribution is -2.26. The van der Waals surface area contributed by atoms with Crippen LogP contribution in [0.25, 0.3) is 0 Å². The second-order valence-corrected chi connectivity index (χ2v) is 10.9. The van der Waals surface area contributed by atoms with Gasteiger partial charge >= 0.3 is 11.9 Å². The summed E-state index contributed by atoms with van der Waals surface area (Å²) in [6, 6.07) is 14.6. The minimum Gasteiger partial charge on any atom is -0.493 e. The fourth-order valence-corrected chi connectivity index (χ4v) is 6.04. The van der Waals surface area contributed by atoms with Gasteiger partial charge in [0.15, 0.2) is 0 Å². The number of fused-ring (bicyclic) bond motifs is 2. The number of benzene rings is 2. The zero-order valence-electron chi connectivity index (χ0n) is 23.0. The molecule has 220 valence electrons. The molecule has 2 aliphatic heterocycles. The van der Waals surface area contributed by atoms with Crippen molar-refractivity contribution in [2.75, 3.05) is 30.3 Å². The number of hydrogen-bond acceptors (Lipinski definition) is 8. The zero-order valence-corrected chi connectivity index (χ0v) is 23.8. The molecule has 4 aromatic rings. The van der Waals surface area contributed by atoms with Gasteiger partial charge in [0, 0.05) is 42.9 Å². The molecule has 6 rings (SSSR count). The minimum absolute atomic E-state index is 0.00219. The van der Waals surface area contributed by atoms with E-state index in [-0.39, 0.29) is 29.1 Å². The number of halogens is 1. The topological polar surface area (TPSA) is 143 Å². The van der Waals surface area contributed by atoms with Crippen LogP contribution in [0.2, 0.25) is 5.02 Å². The van der Waals surface area contributed by atoms with Gasteiger partial charge in [0.2, 0.25) is 0 Å². The Bertz CT molecular complexity index is 1680. The minimum atomic E-state index is -1.02. The fraction of sp³-hybridized carbons (Fsp3) is 0.250. The number of hydrogen-bond donors (Lipinski definition) is 4. The van der Waals surface area contributed by atoms with Gasteiger partial charge in [-0.15, -0.1) is 0 Å². The molecular formula is C32H29ClN4O6. The maximum Gasteiger partial charge on any atom is 0.337 e. The summed E-state index contributed by atoms with van der Waals surface area (Å²) in [6.45, 7) is 1.47. The maximum absolute atomic E-state index is 11.7. The van der Waals surface area contributed by atoms with Crippen molar-refractivity contribution in [3.8, 4) is 11.5 Å². The summed E-state index contributed by atoms with van der Waals surface area (Å²) < 4.78 is 12.5. The second kappa shape index (κ2) is 12.2. The maximum atomic E-state index is 11.7. The standard InChI is InChI=1S/C32H29ClN4O6/c33-25-13-29-23(18(7-10-42-29)14-36-26-16-34-8-5-21(26)31(38)39)12-24(25)30-11-19(20-3-1-2-4-28(20)43-30)15-37-27-17-35-9-6-22(27)32(40)41/h1-6,8-9,12-13,16-19,30,36-37H,7,10-11,14-15H2,(H,38,39)(H,40,41). The molecule has 0 fully saturated rings. The summed E-state index contributed by atoms with van der Waals surface area (Å²) >= 11 is 6.84. The first-order valence-corrected chi connectivity index (χ1v) is 14.3. The molecule has 0 spiro atoms. The molecule has 4 heterocycles. The molecule has 0 saturated carbocycles. The SMILES string of the molecule is O=C(O)c1ccncc1NCC1CCOc2cc(Cl)c(C3CC(CNc4cnccc4C(=O)O)c4ccccc4O3)cc21. The lowest BCUT2D eigenvalue weighted by Gasteiger charge is -2.34. The Labute approximate surface area is 252 Å². The van der Waals surface area contributed by atoms with Gasteiger partial charge in [0.1, 0.15) is 17.6 Å². The molecule has 0 aliphatic carbocycles. The van der Waals surface area contributed by atoms with Crippen LogP contribution in [0.1, 0.15) is 68.2 Å². The molecule has 4 N–H and O–H groups in total. The summed E-state index contributed by atoms with van der Waals surface area (Å²) in [5.41, 5.74) is 4.06. The first-order valence-electron chi connectivity index (χ1n) is 13.9. The van der Waals surface area contributed by atoms with Crippen LogP contribution < -0.4 is 20.1 Å². The Hall–Kier alpha value is -4.83. The number of nitrogens with one attached hydrogen (secondary N) is 2. The van der Waals surface area contributed by atoms with Crippen molar-refractivity contribution in [2.45, 2.75) is 30.8 Å². The summed E-state index contributed by atoms with van der Waals surface area (Å²) in [5.74, 6) is -0.565. The van der Waals surface area contributed by atoms with E-state index in [0.717, 1.165) is 28.9 Å². The monoisotopic (exact) mass is 600 g/mol. The molecule has 0 saturated heterocycles. The third-order valence-corrected chi connectivity index (χ3v) is 8.27. The van der Waals surface area contributed by atoms with Crippen LogP contribution in [-0.4, -0.2) is 51.8 Å². The van der Waals surface area contributed by atoms with Crippen molar-refractivity contribution < 1.29 is 29.3 Å². The van der Waals surface area contributed by atoms with Gasteiger partial charge in [-0.3, -0.25) is 9.97 Å². The van der Waals surface area contributed by atoms with Gasteiger partial charge in [-0.2, -0.15) is 0 Å². The van der Waals surface area contributed by atoms with Gasteiger partial charge < -0.3 is 30.3 Å². The normalized spacial score (nSPS) is 18.8. The van der Waals surface area contributed by atoms with E-state index >= 15 is 0 Å². The molecule has 2 aromatic carbocycles. The number of para-hydroxylation sites is 1. The summed E-state index contributed by atoms with van der Waals surface area (Å²) in [5, 5.41) is 26.2. The van der Waals surface area contributed by atoms with E-state index in [4.69, 9.17) is 21.1 Å². The molecule has 0 amide bonds. The average molecular weight is 601 g/mol. The molecule has 11 heteroatoms. The molecule has 0 radical (unpaired) electrons. The van der Waals surface area contributed by atoms with Crippen LogP contribution in [0.3, 0.4) is 0 Å². The highest BCUT2D eigenvalue weighted by atomic mass is 35.5. The van der Waals surface area contributed by atoms with E-state index in [1.54, 1.807) is 0 Å². The number of rotatable bonds is 9. The highest BCUT2D eigenvalue weighted by Crippen LogP contribution is 2.46. The number of aromatic carboxylic acids is 2. The fourth-order valence-electron chi connectivity index (χ4n) is 5.76. The number of nitrogens with zero attached hydrogens (tertiary/aromatic N) is 2. The smallest absolute Gasteiger partial charge is 0.337 e. The summed E-state index contributed by atoms with van der Waals surface area (Å²) in [6.07, 6.45) is 6.93. The van der Waals surface area contributed by atoms with Gasteiger partial charge in [0.25, 0.3) is 0 Å². The number of ether oxygens (including phenoxy) is 2. The van der Waals surface area contributed by atoms with Gasteiger partial charge in [-0.1, -0.05) is 29.8 Å². The van der Waals surface area contributed by atoms with E-state index in [9.17, 15) is 19.8 Å². The number of carbonyl (C=O) groups is 2. The van der Waals surface area contributed by atoms with Crippen molar-refractivity contribution >= 4 is 34.9 Å². The Balaban J connectivity index is 1.26. The van der Waals surface area contributed by atoms with Crippen LogP contribution in [0, 0.1) is 0 Å². The van der Waals surface area contributed by atoms with E-state index in [1.807, 2.05) is 36.4 Å². The van der Waals surface area contributed by atoms with Crippen LogP contribution >= 0.6 is 11.6 Å². The Morgan fingerprint density at radius 1 is 0.837 bits per heavy atom. The zero-order chi connectivity index (χ0) is 29.9. The number of anilines is 2. The van der Waals surface area contributed by atoms with Crippen molar-refractivity contribution in [1.29, 1.82) is 0 Å². The van der Waals surface area contributed by atoms with Crippen LogP contribution in [-0.2, 0) is 0 Å². The van der Waals surface area contributed by atoms with Crippen LogP contribution in [0.4, 0.5) is 11.4 Å². The number of pyridine rings is 2. The van der Waals surface area contributed by atoms with Crippen molar-refractivity contribution in [2.24, 2.45) is 0 Å². The third kappa shape index (κ3) is 5.91.